The van der Waals surface area contributed by atoms with Gasteiger partial charge in [-0.1, -0.05) is 48.5 Å². The molecule has 3 unspecified atom stereocenters. The second-order valence-corrected chi connectivity index (χ2v) is 13.9. The van der Waals surface area contributed by atoms with Crippen molar-refractivity contribution in [2.45, 2.75) is 126 Å². The summed E-state index contributed by atoms with van der Waals surface area (Å²) in [6.45, 7) is 24.7. The summed E-state index contributed by atoms with van der Waals surface area (Å²) < 4.78 is 2.59. The number of nitrogens with zero attached hydrogens (tertiary/aromatic N) is 6. The maximum Gasteiger partial charge on any atom is 0.336 e. The summed E-state index contributed by atoms with van der Waals surface area (Å²) in [7, 11) is 0. The number of aliphatic hydroxyl groups excluding tert-OH is 3. The average molecular weight is 615 g/mol. The highest BCUT2D eigenvalue weighted by atomic mass is 16.3. The van der Waals surface area contributed by atoms with Gasteiger partial charge in [-0.3, -0.25) is 4.90 Å². The quantitative estimate of drug-likeness (QED) is 0.207. The fourth-order valence-corrected chi connectivity index (χ4v) is 5.43. The SMILES string of the molecule is CCN(CC)CCCN(CC(O)Cn1c(=O)n(CC(O)CN(CC)CC)c(=O)n(CC(O)CC(C)(C)C)c1=O)C(C)(C)C. The van der Waals surface area contributed by atoms with Crippen LogP contribution < -0.4 is 17.1 Å². The monoisotopic (exact) mass is 614 g/mol. The van der Waals surface area contributed by atoms with E-state index >= 15 is 0 Å². The highest BCUT2D eigenvalue weighted by molar-refractivity contribution is 4.85. The van der Waals surface area contributed by atoms with Crippen molar-refractivity contribution in [2.24, 2.45) is 5.41 Å². The Labute approximate surface area is 258 Å². The largest absolute Gasteiger partial charge is 0.391 e. The topological polar surface area (TPSA) is 136 Å². The first kappa shape index (κ1) is 39.2. The van der Waals surface area contributed by atoms with Crippen molar-refractivity contribution in [3.8, 4) is 0 Å². The van der Waals surface area contributed by atoms with Crippen LogP contribution in [0.1, 0.15) is 82.1 Å². The van der Waals surface area contributed by atoms with E-state index in [9.17, 15) is 29.7 Å². The number of hydrogen-bond acceptors (Lipinski definition) is 9. The predicted octanol–water partition coefficient (Wildman–Crippen LogP) is 0.865. The molecule has 0 fully saturated rings. The van der Waals surface area contributed by atoms with Crippen LogP contribution in [0.5, 0.6) is 0 Å². The molecule has 0 aliphatic carbocycles. The summed E-state index contributed by atoms with van der Waals surface area (Å²) in [5, 5.41) is 32.7. The van der Waals surface area contributed by atoms with Gasteiger partial charge < -0.3 is 25.1 Å². The summed E-state index contributed by atoms with van der Waals surface area (Å²) in [6, 6.07) is 0. The Morgan fingerprint density at radius 1 is 0.605 bits per heavy atom. The molecule has 0 bridgehead atoms. The Kier molecular flexibility index (Phi) is 16.0. The lowest BCUT2D eigenvalue weighted by Crippen LogP contribution is -2.58. The van der Waals surface area contributed by atoms with Crippen molar-refractivity contribution in [2.75, 3.05) is 52.4 Å². The second-order valence-electron chi connectivity index (χ2n) is 13.9. The fourth-order valence-electron chi connectivity index (χ4n) is 5.43. The molecule has 3 atom stereocenters. The van der Waals surface area contributed by atoms with E-state index in [2.05, 4.69) is 44.4 Å². The van der Waals surface area contributed by atoms with Crippen LogP contribution in [0.3, 0.4) is 0 Å². The first-order valence-corrected chi connectivity index (χ1v) is 16.1. The van der Waals surface area contributed by atoms with Crippen molar-refractivity contribution in [3.63, 3.8) is 0 Å². The molecule has 0 aliphatic heterocycles. The number of rotatable bonds is 19. The molecule has 1 aromatic heterocycles. The molecule has 12 nitrogen and oxygen atoms in total. The van der Waals surface area contributed by atoms with E-state index in [0.717, 1.165) is 46.3 Å². The van der Waals surface area contributed by atoms with Crippen LogP contribution in [-0.4, -0.2) is 120 Å². The molecule has 0 saturated carbocycles. The number of aliphatic hydroxyl groups is 3. The molecule has 3 N–H and O–H groups in total. The van der Waals surface area contributed by atoms with Crippen molar-refractivity contribution >= 4 is 0 Å². The number of likely N-dealkylation sites (N-methyl/N-ethyl adjacent to an activating group) is 1. The minimum absolute atomic E-state index is 0.226. The first-order chi connectivity index (χ1) is 19.9. The van der Waals surface area contributed by atoms with Crippen molar-refractivity contribution in [1.82, 2.24) is 28.4 Å². The maximum absolute atomic E-state index is 13.6. The van der Waals surface area contributed by atoms with Crippen LogP contribution >= 0.6 is 0 Å². The molecule has 252 valence electrons. The van der Waals surface area contributed by atoms with E-state index in [4.69, 9.17) is 0 Å². The number of aromatic nitrogens is 3. The molecule has 1 rings (SSSR count). The van der Waals surface area contributed by atoms with Crippen molar-refractivity contribution in [3.05, 3.63) is 31.5 Å². The molecule has 0 amide bonds. The van der Waals surface area contributed by atoms with Gasteiger partial charge in [-0.25, -0.2) is 28.1 Å². The summed E-state index contributed by atoms with van der Waals surface area (Å²) in [5.41, 5.74) is -3.15. The minimum atomic E-state index is -1.07. The van der Waals surface area contributed by atoms with E-state index in [1.807, 2.05) is 39.5 Å². The van der Waals surface area contributed by atoms with E-state index in [-0.39, 0.29) is 43.7 Å². The molecule has 0 aliphatic rings. The first-order valence-electron chi connectivity index (χ1n) is 16.1. The van der Waals surface area contributed by atoms with Crippen molar-refractivity contribution in [1.29, 1.82) is 0 Å². The molecule has 0 radical (unpaired) electrons. The van der Waals surface area contributed by atoms with E-state index in [0.29, 0.717) is 19.5 Å². The van der Waals surface area contributed by atoms with Gasteiger partial charge in [0.25, 0.3) is 0 Å². The summed E-state index contributed by atoms with van der Waals surface area (Å²) in [5.74, 6) is 0. The van der Waals surface area contributed by atoms with Crippen LogP contribution in [0.25, 0.3) is 0 Å². The summed E-state index contributed by atoms with van der Waals surface area (Å²) in [4.78, 5) is 47.0. The molecule has 1 heterocycles. The molecule has 0 saturated heterocycles. The van der Waals surface area contributed by atoms with Crippen molar-refractivity contribution < 1.29 is 15.3 Å². The van der Waals surface area contributed by atoms with Crippen LogP contribution in [0, 0.1) is 5.41 Å². The molecular formula is C31H62N6O6. The van der Waals surface area contributed by atoms with Gasteiger partial charge in [0.15, 0.2) is 0 Å². The highest BCUT2D eigenvalue weighted by Gasteiger charge is 2.27. The van der Waals surface area contributed by atoms with Crippen LogP contribution in [0.2, 0.25) is 0 Å². The summed E-state index contributed by atoms with van der Waals surface area (Å²) in [6.07, 6.45) is -1.87. The Morgan fingerprint density at radius 2 is 1.00 bits per heavy atom. The zero-order chi connectivity index (χ0) is 33.1. The number of β-amino-alcohol motifs (C(OH)–C–C–N with tert-alkyl or cyclic N) is 1. The third-order valence-corrected chi connectivity index (χ3v) is 7.95. The molecule has 12 heteroatoms. The van der Waals surface area contributed by atoms with E-state index in [1.54, 1.807) is 0 Å². The average Bonchev–Trinajstić information content (AvgIpc) is 2.90. The predicted molar refractivity (Wildman–Crippen MR) is 173 cm³/mol. The Balaban J connectivity index is 3.43. The maximum atomic E-state index is 13.6. The Morgan fingerprint density at radius 3 is 1.37 bits per heavy atom. The van der Waals surface area contributed by atoms with Gasteiger partial charge in [0.05, 0.1) is 37.9 Å². The fraction of sp³-hybridized carbons (Fsp3) is 0.903. The van der Waals surface area contributed by atoms with Crippen LogP contribution in [0.4, 0.5) is 0 Å². The molecule has 43 heavy (non-hydrogen) atoms. The van der Waals surface area contributed by atoms with Crippen LogP contribution in [0.15, 0.2) is 14.4 Å². The van der Waals surface area contributed by atoms with Gasteiger partial charge in [0.1, 0.15) is 0 Å². The van der Waals surface area contributed by atoms with Gasteiger partial charge in [0, 0.05) is 18.6 Å². The lowest BCUT2D eigenvalue weighted by molar-refractivity contribution is 0.0445. The lowest BCUT2D eigenvalue weighted by atomic mass is 9.89. The van der Waals surface area contributed by atoms with Gasteiger partial charge in [-0.15, -0.1) is 0 Å². The highest BCUT2D eigenvalue weighted by Crippen LogP contribution is 2.21. The minimum Gasteiger partial charge on any atom is -0.391 e. The Bertz CT molecular complexity index is 1120. The van der Waals surface area contributed by atoms with E-state index in [1.165, 1.54) is 0 Å². The standard InChI is InChI=1S/C31H62N6O6/c1-11-32(12-2)16-15-17-34(31(8,9)10)20-26(40)23-37-28(42)35(21-24(38)18-30(5,6)7)27(41)36(29(37)43)22-25(39)19-33(13-3)14-4/h24-26,38-40H,11-23H2,1-10H3. The zero-order valence-corrected chi connectivity index (χ0v) is 28.7. The molecular weight excluding hydrogens is 552 g/mol. The normalized spacial score (nSPS) is 15.1. The van der Waals surface area contributed by atoms with Gasteiger partial charge in [-0.05, 0) is 78.3 Å². The van der Waals surface area contributed by atoms with Crippen LogP contribution in [-0.2, 0) is 19.6 Å². The lowest BCUT2D eigenvalue weighted by Gasteiger charge is -2.37. The van der Waals surface area contributed by atoms with E-state index < -0.39 is 35.4 Å². The Hall–Kier alpha value is -1.83. The third kappa shape index (κ3) is 13.0. The summed E-state index contributed by atoms with van der Waals surface area (Å²) >= 11 is 0. The second kappa shape index (κ2) is 17.6. The molecule has 1 aromatic rings. The van der Waals surface area contributed by atoms with Gasteiger partial charge in [0.2, 0.25) is 0 Å². The molecule has 0 aromatic carbocycles. The number of hydrogen-bond donors (Lipinski definition) is 3. The molecule has 0 spiro atoms. The zero-order valence-electron chi connectivity index (χ0n) is 28.7. The third-order valence-electron chi connectivity index (χ3n) is 7.95. The smallest absolute Gasteiger partial charge is 0.336 e. The van der Waals surface area contributed by atoms with Gasteiger partial charge >= 0.3 is 17.1 Å². The van der Waals surface area contributed by atoms with Gasteiger partial charge in [-0.2, -0.15) is 0 Å².